The molecule has 0 saturated heterocycles. The normalized spacial score (nSPS) is 14.3. The van der Waals surface area contributed by atoms with Gasteiger partial charge in [-0.05, 0) is 39.0 Å². The molecule has 0 heterocycles. The monoisotopic (exact) mass is 214 g/mol. The summed E-state index contributed by atoms with van der Waals surface area (Å²) in [6.07, 6.45) is 4.09. The predicted octanol–water partition coefficient (Wildman–Crippen LogP) is 3.44. The lowest BCUT2D eigenvalue weighted by atomic mass is 9.97. The van der Waals surface area contributed by atoms with Crippen LogP contribution >= 0.6 is 0 Å². The van der Waals surface area contributed by atoms with Crippen LogP contribution in [0.25, 0.3) is 0 Å². The van der Waals surface area contributed by atoms with Gasteiger partial charge < -0.3 is 9.53 Å². The maximum absolute atomic E-state index is 10.4. The van der Waals surface area contributed by atoms with E-state index in [1.54, 1.807) is 0 Å². The van der Waals surface area contributed by atoms with Crippen LogP contribution in [0.2, 0.25) is 0 Å². The van der Waals surface area contributed by atoms with Crippen molar-refractivity contribution < 1.29 is 9.53 Å². The summed E-state index contributed by atoms with van der Waals surface area (Å²) in [4.78, 5) is 10.4. The fourth-order valence-electron chi connectivity index (χ4n) is 1.38. The molecule has 0 aromatic carbocycles. The molecule has 15 heavy (non-hydrogen) atoms. The molecule has 0 saturated carbocycles. The highest BCUT2D eigenvalue weighted by Crippen LogP contribution is 2.20. The van der Waals surface area contributed by atoms with Crippen molar-refractivity contribution in [2.45, 2.75) is 59.5 Å². The van der Waals surface area contributed by atoms with E-state index in [0.717, 1.165) is 32.2 Å². The molecule has 0 fully saturated rings. The maximum atomic E-state index is 10.4. The molecule has 0 spiro atoms. The Morgan fingerprint density at radius 3 is 2.33 bits per heavy atom. The van der Waals surface area contributed by atoms with Crippen LogP contribution in [0.1, 0.15) is 53.9 Å². The molecule has 1 atom stereocenters. The highest BCUT2D eigenvalue weighted by molar-refractivity contribution is 5.52. The molecule has 0 aromatic rings. The molecule has 0 aliphatic rings. The predicted molar refractivity (Wildman–Crippen MR) is 63.9 cm³/mol. The Balaban J connectivity index is 3.68. The first kappa shape index (κ1) is 14.6. The molecule has 0 aliphatic heterocycles. The van der Waals surface area contributed by atoms with Crippen LogP contribution in [0.15, 0.2) is 0 Å². The number of hydrogen-bond acceptors (Lipinski definition) is 2. The van der Waals surface area contributed by atoms with Crippen LogP contribution in [0.4, 0.5) is 0 Å². The fourth-order valence-corrected chi connectivity index (χ4v) is 1.38. The average Bonchev–Trinajstić information content (AvgIpc) is 2.14. The molecule has 0 aliphatic carbocycles. The third kappa shape index (κ3) is 8.61. The van der Waals surface area contributed by atoms with Crippen molar-refractivity contribution in [2.24, 2.45) is 11.8 Å². The SMILES string of the molecule is CC(C)COC(C)(C)CCCC(C)C=O. The smallest absolute Gasteiger partial charge is 0.122 e. The third-order valence-corrected chi connectivity index (χ3v) is 2.48. The second-order valence-corrected chi connectivity index (χ2v) is 5.47. The Labute approximate surface area is 94.4 Å². The Morgan fingerprint density at radius 1 is 1.27 bits per heavy atom. The molecular formula is C13H26O2. The molecular weight excluding hydrogens is 188 g/mol. The van der Waals surface area contributed by atoms with Crippen molar-refractivity contribution in [3.8, 4) is 0 Å². The van der Waals surface area contributed by atoms with Gasteiger partial charge >= 0.3 is 0 Å². The minimum atomic E-state index is -0.0487. The van der Waals surface area contributed by atoms with Crippen molar-refractivity contribution in [1.29, 1.82) is 0 Å². The number of aldehydes is 1. The summed E-state index contributed by atoms with van der Waals surface area (Å²) < 4.78 is 5.82. The molecule has 0 N–H and O–H groups in total. The minimum Gasteiger partial charge on any atom is -0.375 e. The molecule has 0 bridgehead atoms. The number of carbonyl (C=O) groups excluding carboxylic acids is 1. The van der Waals surface area contributed by atoms with E-state index in [1.807, 2.05) is 6.92 Å². The molecule has 0 radical (unpaired) electrons. The number of carbonyl (C=O) groups is 1. The number of rotatable bonds is 8. The lowest BCUT2D eigenvalue weighted by Gasteiger charge is -2.26. The summed E-state index contributed by atoms with van der Waals surface area (Å²) in [5.41, 5.74) is -0.0487. The van der Waals surface area contributed by atoms with E-state index in [9.17, 15) is 4.79 Å². The van der Waals surface area contributed by atoms with Gasteiger partial charge in [0, 0.05) is 12.5 Å². The van der Waals surface area contributed by atoms with E-state index < -0.39 is 0 Å². The van der Waals surface area contributed by atoms with E-state index in [4.69, 9.17) is 4.74 Å². The zero-order chi connectivity index (χ0) is 11.9. The zero-order valence-corrected chi connectivity index (χ0v) is 10.9. The molecule has 0 aromatic heterocycles. The summed E-state index contributed by atoms with van der Waals surface area (Å²) in [6.45, 7) is 11.3. The first-order valence-electron chi connectivity index (χ1n) is 5.96. The Bertz CT molecular complexity index is 173. The molecule has 1 unspecified atom stereocenters. The van der Waals surface area contributed by atoms with Crippen LogP contribution in [-0.2, 0) is 9.53 Å². The minimum absolute atomic E-state index is 0.0487. The lowest BCUT2D eigenvalue weighted by Crippen LogP contribution is -2.26. The maximum Gasteiger partial charge on any atom is 0.122 e. The Morgan fingerprint density at radius 2 is 1.87 bits per heavy atom. The second-order valence-electron chi connectivity index (χ2n) is 5.47. The molecule has 0 amide bonds. The second kappa shape index (κ2) is 7.00. The van der Waals surface area contributed by atoms with Crippen LogP contribution in [0.3, 0.4) is 0 Å². The summed E-state index contributed by atoms with van der Waals surface area (Å²) in [6, 6.07) is 0. The van der Waals surface area contributed by atoms with Crippen LogP contribution in [-0.4, -0.2) is 18.5 Å². The molecule has 90 valence electrons. The number of hydrogen-bond donors (Lipinski definition) is 0. The van der Waals surface area contributed by atoms with Crippen LogP contribution in [0, 0.1) is 11.8 Å². The van der Waals surface area contributed by atoms with Gasteiger partial charge in [0.2, 0.25) is 0 Å². The standard InChI is InChI=1S/C13H26O2/c1-11(2)10-15-13(4,5)8-6-7-12(3)9-14/h9,11-12H,6-8,10H2,1-5H3. The van der Waals surface area contributed by atoms with E-state index in [-0.39, 0.29) is 11.5 Å². The van der Waals surface area contributed by atoms with E-state index in [2.05, 4.69) is 27.7 Å². The summed E-state index contributed by atoms with van der Waals surface area (Å²) >= 11 is 0. The summed E-state index contributed by atoms with van der Waals surface area (Å²) in [7, 11) is 0. The first-order valence-corrected chi connectivity index (χ1v) is 5.96. The molecule has 2 heteroatoms. The first-order chi connectivity index (χ1) is 6.87. The van der Waals surface area contributed by atoms with Gasteiger partial charge in [-0.25, -0.2) is 0 Å². The van der Waals surface area contributed by atoms with Crippen molar-refractivity contribution in [3.05, 3.63) is 0 Å². The van der Waals surface area contributed by atoms with Gasteiger partial charge in [-0.15, -0.1) is 0 Å². The van der Waals surface area contributed by atoms with Gasteiger partial charge in [0.05, 0.1) is 5.60 Å². The lowest BCUT2D eigenvalue weighted by molar-refractivity contribution is -0.111. The highest BCUT2D eigenvalue weighted by atomic mass is 16.5. The van der Waals surface area contributed by atoms with Crippen molar-refractivity contribution >= 4 is 6.29 Å². The fraction of sp³-hybridized carbons (Fsp3) is 0.923. The van der Waals surface area contributed by atoms with Gasteiger partial charge in [-0.2, -0.15) is 0 Å². The summed E-state index contributed by atoms with van der Waals surface area (Å²) in [5.74, 6) is 0.768. The van der Waals surface area contributed by atoms with Gasteiger partial charge in [0.1, 0.15) is 6.29 Å². The van der Waals surface area contributed by atoms with Crippen LogP contribution < -0.4 is 0 Å². The zero-order valence-electron chi connectivity index (χ0n) is 10.9. The topological polar surface area (TPSA) is 26.3 Å². The van der Waals surface area contributed by atoms with Gasteiger partial charge in [-0.1, -0.05) is 20.8 Å². The largest absolute Gasteiger partial charge is 0.375 e. The van der Waals surface area contributed by atoms with Crippen molar-refractivity contribution in [2.75, 3.05) is 6.61 Å². The van der Waals surface area contributed by atoms with E-state index in [1.165, 1.54) is 0 Å². The third-order valence-electron chi connectivity index (χ3n) is 2.48. The van der Waals surface area contributed by atoms with E-state index >= 15 is 0 Å². The highest BCUT2D eigenvalue weighted by Gasteiger charge is 2.18. The summed E-state index contributed by atoms with van der Waals surface area (Å²) in [5, 5.41) is 0. The Hall–Kier alpha value is -0.370. The van der Waals surface area contributed by atoms with Gasteiger partial charge in [0.25, 0.3) is 0 Å². The number of ether oxygens (including phenoxy) is 1. The molecule has 2 nitrogen and oxygen atoms in total. The Kier molecular flexibility index (Phi) is 6.82. The van der Waals surface area contributed by atoms with E-state index in [0.29, 0.717) is 5.92 Å². The van der Waals surface area contributed by atoms with Crippen LogP contribution in [0.5, 0.6) is 0 Å². The van der Waals surface area contributed by atoms with Gasteiger partial charge in [-0.3, -0.25) is 0 Å². The van der Waals surface area contributed by atoms with Crippen molar-refractivity contribution in [1.82, 2.24) is 0 Å². The average molecular weight is 214 g/mol. The van der Waals surface area contributed by atoms with Crippen molar-refractivity contribution in [3.63, 3.8) is 0 Å². The quantitative estimate of drug-likeness (QED) is 0.578. The molecule has 0 rings (SSSR count). The van der Waals surface area contributed by atoms with Gasteiger partial charge in [0.15, 0.2) is 0 Å².